The predicted octanol–water partition coefficient (Wildman–Crippen LogP) is 1.45. The van der Waals surface area contributed by atoms with Gasteiger partial charge in [-0.3, -0.25) is 4.57 Å². The highest BCUT2D eigenvalue weighted by Gasteiger charge is 2.56. The third kappa shape index (κ3) is 1.63. The first-order valence-corrected chi connectivity index (χ1v) is 8.10. The number of fused-ring (bicyclic) bond motifs is 5. The smallest absolute Gasteiger partial charge is 0.298 e. The van der Waals surface area contributed by atoms with Crippen molar-refractivity contribution in [2.75, 3.05) is 19.6 Å². The van der Waals surface area contributed by atoms with Crippen LogP contribution in [0.1, 0.15) is 12.8 Å². The second kappa shape index (κ2) is 3.85. The van der Waals surface area contributed by atoms with E-state index < -0.39 is 0 Å². The fourth-order valence-electron chi connectivity index (χ4n) is 4.21. The molecule has 0 radical (unpaired) electrons. The molecule has 4 aliphatic rings. The van der Waals surface area contributed by atoms with Crippen LogP contribution in [0.4, 0.5) is 0 Å². The van der Waals surface area contributed by atoms with Gasteiger partial charge in [-0.25, -0.2) is 0 Å². The quantitative estimate of drug-likeness (QED) is 0.674. The van der Waals surface area contributed by atoms with Crippen molar-refractivity contribution >= 4 is 34.9 Å². The molecule has 21 heavy (non-hydrogen) atoms. The van der Waals surface area contributed by atoms with E-state index in [0.717, 1.165) is 28.5 Å². The van der Waals surface area contributed by atoms with Crippen LogP contribution < -0.4 is 4.74 Å². The number of aromatic nitrogens is 2. The minimum Gasteiger partial charge on any atom is -0.519 e. The summed E-state index contributed by atoms with van der Waals surface area (Å²) < 4.78 is 11.4. The molecule has 3 fully saturated rings. The zero-order valence-corrected chi connectivity index (χ0v) is 12.8. The van der Waals surface area contributed by atoms with E-state index in [9.17, 15) is 0 Å². The Labute approximate surface area is 133 Å². The largest absolute Gasteiger partial charge is 0.519 e. The van der Waals surface area contributed by atoms with Gasteiger partial charge in [0, 0.05) is 23.5 Å². The average molecular weight is 348 g/mol. The van der Waals surface area contributed by atoms with Gasteiger partial charge in [-0.05, 0) is 31.0 Å². The maximum absolute atomic E-state index is 6.52. The lowest BCUT2D eigenvalue weighted by atomic mass is 9.71. The van der Waals surface area contributed by atoms with Gasteiger partial charge in [0.2, 0.25) is 0 Å². The summed E-state index contributed by atoms with van der Waals surface area (Å²) in [6, 6.07) is 7.15. The van der Waals surface area contributed by atoms with Crippen LogP contribution in [-0.4, -0.2) is 47.2 Å². The van der Waals surface area contributed by atoms with Crippen molar-refractivity contribution in [1.29, 1.82) is 0 Å². The first-order valence-electron chi connectivity index (χ1n) is 7.31. The highest BCUT2D eigenvalue weighted by molar-refractivity contribution is 9.10. The number of rotatable bonds is 0. The van der Waals surface area contributed by atoms with Crippen molar-refractivity contribution < 1.29 is 9.13 Å². The van der Waals surface area contributed by atoms with E-state index >= 15 is 0 Å². The molecule has 1 aromatic carbocycles. The van der Waals surface area contributed by atoms with Crippen molar-refractivity contribution in [3.63, 3.8) is 0 Å². The minimum atomic E-state index is 0.0527. The van der Waals surface area contributed by atoms with E-state index in [1.54, 1.807) is 0 Å². The fraction of sp³-hybridized carbons (Fsp3) is 0.533. The third-order valence-corrected chi connectivity index (χ3v) is 5.71. The van der Waals surface area contributed by atoms with Gasteiger partial charge in [0.15, 0.2) is 13.6 Å². The molecule has 6 heteroatoms. The van der Waals surface area contributed by atoms with Gasteiger partial charge >= 0.3 is 0 Å². The number of quaternary nitrogens is 1. The number of halogens is 1. The van der Waals surface area contributed by atoms with Crippen molar-refractivity contribution in [3.8, 4) is 6.01 Å². The van der Waals surface area contributed by atoms with Crippen LogP contribution in [-0.2, 0) is 6.54 Å². The van der Waals surface area contributed by atoms with E-state index in [1.165, 1.54) is 42.4 Å². The molecule has 1 unspecified atom stereocenters. The molecule has 5 heterocycles. The second-order valence-electron chi connectivity index (χ2n) is 6.33. The van der Waals surface area contributed by atoms with Crippen molar-refractivity contribution in [2.24, 2.45) is 5.92 Å². The maximum Gasteiger partial charge on any atom is 0.298 e. The first kappa shape index (κ1) is 12.5. The van der Waals surface area contributed by atoms with Crippen LogP contribution >= 0.6 is 15.9 Å². The average Bonchev–Trinajstić information content (AvgIpc) is 2.93. The van der Waals surface area contributed by atoms with Crippen LogP contribution in [0.3, 0.4) is 0 Å². The SMILES string of the molecule is [BH3-][N+]12CCC(CC1)C1(Cn3c(nc4ccc(Br)cc43)O1)C2. The zero-order valence-electron chi connectivity index (χ0n) is 11.2. The first-order chi connectivity index (χ1) is 10.1. The van der Waals surface area contributed by atoms with Crippen molar-refractivity contribution in [2.45, 2.75) is 25.0 Å². The van der Waals surface area contributed by atoms with E-state index in [2.05, 4.69) is 38.7 Å². The molecule has 6 rings (SSSR count). The Morgan fingerprint density at radius 3 is 2.95 bits per heavy atom. The molecule has 4 aliphatic heterocycles. The predicted molar refractivity (Wildman–Crippen MR) is 88.3 cm³/mol. The van der Waals surface area contributed by atoms with Crippen molar-refractivity contribution in [1.82, 2.24) is 9.55 Å². The van der Waals surface area contributed by atoms with E-state index in [0.29, 0.717) is 7.98 Å². The number of benzene rings is 1. The Kier molecular flexibility index (Phi) is 2.29. The molecule has 2 bridgehead atoms. The summed E-state index contributed by atoms with van der Waals surface area (Å²) in [7, 11) is 0.322. The van der Waals surface area contributed by atoms with E-state index in [4.69, 9.17) is 9.72 Å². The van der Waals surface area contributed by atoms with Gasteiger partial charge in [-0.15, -0.1) is 0 Å². The van der Waals surface area contributed by atoms with Gasteiger partial charge in [0.1, 0.15) is 0 Å². The van der Waals surface area contributed by atoms with E-state index in [1.807, 2.05) is 0 Å². The summed E-state index contributed by atoms with van der Waals surface area (Å²) >= 11 is 3.58. The monoisotopic (exact) mass is 347 g/mol. The molecule has 110 valence electrons. The number of ether oxygens (including phenoxy) is 1. The molecular formula is C15H19BBrN3O. The summed E-state index contributed by atoms with van der Waals surface area (Å²) in [4.78, 5) is 4.72. The number of hydrogen-bond donors (Lipinski definition) is 0. The normalized spacial score (nSPS) is 37.1. The maximum atomic E-state index is 6.52. The Balaban J connectivity index is 1.60. The molecule has 1 aromatic heterocycles. The highest BCUT2D eigenvalue weighted by atomic mass is 79.9. The Morgan fingerprint density at radius 2 is 2.19 bits per heavy atom. The molecule has 1 atom stereocenters. The molecule has 3 saturated heterocycles. The van der Waals surface area contributed by atoms with Crippen LogP contribution in [0.25, 0.3) is 11.0 Å². The molecule has 0 saturated carbocycles. The summed E-state index contributed by atoms with van der Waals surface area (Å²) in [6.45, 7) is 5.09. The lowest BCUT2D eigenvalue weighted by Gasteiger charge is -2.60. The van der Waals surface area contributed by atoms with Gasteiger partial charge < -0.3 is 9.13 Å². The molecule has 1 spiro atoms. The fourth-order valence-corrected chi connectivity index (χ4v) is 4.55. The number of piperidine rings is 3. The molecular weight excluding hydrogens is 329 g/mol. The molecule has 2 aromatic rings. The number of nitrogens with zero attached hydrogens (tertiary/aromatic N) is 3. The van der Waals surface area contributed by atoms with Gasteiger partial charge in [0.25, 0.3) is 6.01 Å². The molecule has 0 amide bonds. The summed E-state index contributed by atoms with van der Waals surface area (Å²) in [5.41, 5.74) is 2.31. The molecule has 0 aliphatic carbocycles. The van der Waals surface area contributed by atoms with Crippen LogP contribution in [0.15, 0.2) is 22.7 Å². The minimum absolute atomic E-state index is 0.0527. The molecule has 4 nitrogen and oxygen atoms in total. The standard InChI is InChI=1S/C15H19BBrN3O/c16-20-5-3-10(4-6-20)15(9-20)8-19-13-7-11(17)1-2-12(13)18-14(19)21-15/h1-2,7,10H,3-6,8-9H2,16H3. The summed E-state index contributed by atoms with van der Waals surface area (Å²) in [5, 5.41) is 0. The summed E-state index contributed by atoms with van der Waals surface area (Å²) in [6.07, 6.45) is 2.71. The van der Waals surface area contributed by atoms with Gasteiger partial charge in [0.05, 0.1) is 24.1 Å². The third-order valence-electron chi connectivity index (χ3n) is 5.22. The zero-order chi connectivity index (χ0) is 14.2. The van der Waals surface area contributed by atoms with Gasteiger partial charge in [-0.2, -0.15) is 4.98 Å². The van der Waals surface area contributed by atoms with Gasteiger partial charge in [-0.1, -0.05) is 15.9 Å². The number of hydrogen-bond acceptors (Lipinski definition) is 2. The van der Waals surface area contributed by atoms with E-state index in [-0.39, 0.29) is 5.60 Å². The Bertz CT molecular complexity index is 753. The van der Waals surface area contributed by atoms with Crippen LogP contribution in [0.2, 0.25) is 0 Å². The summed E-state index contributed by atoms with van der Waals surface area (Å²) in [5.74, 6) is 0.736. The van der Waals surface area contributed by atoms with Crippen molar-refractivity contribution in [3.05, 3.63) is 22.7 Å². The lowest BCUT2D eigenvalue weighted by Crippen LogP contribution is -2.69. The highest BCUT2D eigenvalue weighted by Crippen LogP contribution is 2.47. The second-order valence-corrected chi connectivity index (χ2v) is 7.25. The van der Waals surface area contributed by atoms with Crippen LogP contribution in [0, 0.1) is 5.92 Å². The topological polar surface area (TPSA) is 27.1 Å². The Morgan fingerprint density at radius 1 is 1.38 bits per heavy atom. The Hall–Kier alpha value is -1.01. The lowest BCUT2D eigenvalue weighted by molar-refractivity contribution is -0.845. The molecule has 0 N–H and O–H groups in total. The number of imidazole rings is 1. The van der Waals surface area contributed by atoms with Crippen LogP contribution in [0.5, 0.6) is 6.01 Å².